The molecule has 0 saturated heterocycles. The van der Waals surface area contributed by atoms with Crippen molar-refractivity contribution in [3.63, 3.8) is 0 Å². The summed E-state index contributed by atoms with van der Waals surface area (Å²) in [6, 6.07) is 0.222. The molecule has 0 spiro atoms. The second kappa shape index (κ2) is 4.21. The van der Waals surface area contributed by atoms with Crippen LogP contribution in [0.15, 0.2) is 5.38 Å². The lowest BCUT2D eigenvalue weighted by Gasteiger charge is -2.32. The maximum absolute atomic E-state index is 11.6. The molecule has 16 heavy (non-hydrogen) atoms. The number of thiazole rings is 1. The van der Waals surface area contributed by atoms with E-state index >= 15 is 0 Å². The van der Waals surface area contributed by atoms with Crippen molar-refractivity contribution in [1.82, 2.24) is 10.3 Å². The molecular formula is C10H12N2O3S. The Morgan fingerprint density at radius 1 is 1.56 bits per heavy atom. The molecule has 1 fully saturated rings. The Kier molecular flexibility index (Phi) is 2.91. The number of carboxylic acid groups (broad SMARTS) is 1. The summed E-state index contributed by atoms with van der Waals surface area (Å²) in [6.45, 7) is 2.13. The third kappa shape index (κ3) is 2.21. The van der Waals surface area contributed by atoms with Gasteiger partial charge in [-0.1, -0.05) is 6.92 Å². The minimum atomic E-state index is -1.10. The number of rotatable bonds is 3. The fraction of sp³-hybridized carbons (Fsp3) is 0.500. The van der Waals surface area contributed by atoms with Gasteiger partial charge in [-0.2, -0.15) is 0 Å². The zero-order valence-corrected chi connectivity index (χ0v) is 9.58. The molecule has 1 saturated carbocycles. The quantitative estimate of drug-likeness (QED) is 0.836. The van der Waals surface area contributed by atoms with E-state index in [1.165, 1.54) is 5.38 Å². The normalized spacial score (nSPS) is 23.6. The minimum Gasteiger partial charge on any atom is -0.476 e. The molecule has 6 heteroatoms. The highest BCUT2D eigenvalue weighted by Gasteiger charge is 2.27. The zero-order chi connectivity index (χ0) is 11.7. The fourth-order valence-electron chi connectivity index (χ4n) is 1.74. The van der Waals surface area contributed by atoms with Gasteiger partial charge in [0.15, 0.2) is 10.7 Å². The first-order chi connectivity index (χ1) is 7.56. The zero-order valence-electron chi connectivity index (χ0n) is 8.77. The first-order valence-corrected chi connectivity index (χ1v) is 5.94. The van der Waals surface area contributed by atoms with E-state index in [1.807, 2.05) is 0 Å². The smallest absolute Gasteiger partial charge is 0.355 e. The predicted octanol–water partition coefficient (Wildman–Crippen LogP) is 1.37. The van der Waals surface area contributed by atoms with Crippen molar-refractivity contribution in [2.75, 3.05) is 0 Å². The molecule has 1 aliphatic rings. The summed E-state index contributed by atoms with van der Waals surface area (Å²) in [7, 11) is 0. The first kappa shape index (κ1) is 11.1. The van der Waals surface area contributed by atoms with Crippen molar-refractivity contribution in [1.29, 1.82) is 0 Å². The fourth-order valence-corrected chi connectivity index (χ4v) is 2.44. The van der Waals surface area contributed by atoms with Crippen LogP contribution in [0.5, 0.6) is 0 Å². The average molecular weight is 240 g/mol. The highest BCUT2D eigenvalue weighted by Crippen LogP contribution is 2.26. The number of carbonyl (C=O) groups is 2. The highest BCUT2D eigenvalue weighted by molar-refractivity contribution is 7.11. The van der Waals surface area contributed by atoms with Crippen molar-refractivity contribution in [3.8, 4) is 0 Å². The number of aromatic nitrogens is 1. The van der Waals surface area contributed by atoms with Crippen LogP contribution in [0, 0.1) is 5.92 Å². The van der Waals surface area contributed by atoms with Crippen LogP contribution in [0.3, 0.4) is 0 Å². The van der Waals surface area contributed by atoms with Crippen molar-refractivity contribution in [2.45, 2.75) is 25.8 Å². The van der Waals surface area contributed by atoms with Gasteiger partial charge in [-0.05, 0) is 18.8 Å². The van der Waals surface area contributed by atoms with Crippen LogP contribution in [0.2, 0.25) is 0 Å². The third-order valence-electron chi connectivity index (χ3n) is 2.63. The highest BCUT2D eigenvalue weighted by atomic mass is 32.1. The molecule has 1 aromatic heterocycles. The SMILES string of the molecule is CC1CC(NC(=O)c2nc(C(=O)O)cs2)C1. The standard InChI is InChI=1S/C10H12N2O3S/c1-5-2-6(3-5)11-8(13)9-12-7(4-16-9)10(14)15/h4-6H,2-3H2,1H3,(H,11,13)(H,14,15). The lowest BCUT2D eigenvalue weighted by molar-refractivity contribution is 0.0691. The first-order valence-electron chi connectivity index (χ1n) is 5.06. The number of nitrogens with one attached hydrogen (secondary N) is 1. The van der Waals surface area contributed by atoms with Gasteiger partial charge in [0.2, 0.25) is 0 Å². The van der Waals surface area contributed by atoms with Gasteiger partial charge in [-0.15, -0.1) is 11.3 Å². The summed E-state index contributed by atoms with van der Waals surface area (Å²) in [5.74, 6) is -0.710. The molecule has 1 aromatic rings. The summed E-state index contributed by atoms with van der Waals surface area (Å²) in [5.41, 5.74) is -0.0721. The molecule has 0 bridgehead atoms. The van der Waals surface area contributed by atoms with Crippen LogP contribution in [-0.2, 0) is 0 Å². The van der Waals surface area contributed by atoms with Crippen LogP contribution in [0.25, 0.3) is 0 Å². The second-order valence-electron chi connectivity index (χ2n) is 4.09. The summed E-state index contributed by atoms with van der Waals surface area (Å²) in [6.07, 6.45) is 1.98. The molecule has 2 N–H and O–H groups in total. The number of amides is 1. The van der Waals surface area contributed by atoms with E-state index in [-0.39, 0.29) is 22.7 Å². The van der Waals surface area contributed by atoms with Crippen LogP contribution in [-0.4, -0.2) is 28.0 Å². The van der Waals surface area contributed by atoms with Crippen molar-refractivity contribution >= 4 is 23.2 Å². The Hall–Kier alpha value is -1.43. The van der Waals surface area contributed by atoms with Gasteiger partial charge in [0.05, 0.1) is 0 Å². The minimum absolute atomic E-state index is 0.0721. The van der Waals surface area contributed by atoms with Crippen molar-refractivity contribution in [2.24, 2.45) is 5.92 Å². The Balaban J connectivity index is 1.95. The molecule has 0 atom stereocenters. The van der Waals surface area contributed by atoms with Crippen molar-refractivity contribution in [3.05, 3.63) is 16.1 Å². The monoisotopic (exact) mass is 240 g/mol. The molecule has 86 valence electrons. The predicted molar refractivity (Wildman–Crippen MR) is 58.7 cm³/mol. The van der Waals surface area contributed by atoms with Crippen LogP contribution >= 0.6 is 11.3 Å². The van der Waals surface area contributed by atoms with E-state index in [2.05, 4.69) is 17.2 Å². The van der Waals surface area contributed by atoms with E-state index in [9.17, 15) is 9.59 Å². The Bertz CT molecular complexity index is 423. The summed E-state index contributed by atoms with van der Waals surface area (Å²) >= 11 is 1.06. The molecule has 0 unspecified atom stereocenters. The molecule has 1 heterocycles. The van der Waals surface area contributed by atoms with E-state index in [1.54, 1.807) is 0 Å². The topological polar surface area (TPSA) is 79.3 Å². The summed E-state index contributed by atoms with van der Waals surface area (Å²) in [5, 5.41) is 13.1. The van der Waals surface area contributed by atoms with Crippen LogP contribution in [0.4, 0.5) is 0 Å². The number of hydrogen-bond acceptors (Lipinski definition) is 4. The van der Waals surface area contributed by atoms with Gasteiger partial charge < -0.3 is 10.4 Å². The molecule has 0 aliphatic heterocycles. The van der Waals surface area contributed by atoms with Crippen molar-refractivity contribution < 1.29 is 14.7 Å². The van der Waals surface area contributed by atoms with Gasteiger partial charge in [0.25, 0.3) is 5.91 Å². The van der Waals surface area contributed by atoms with Gasteiger partial charge in [-0.3, -0.25) is 4.79 Å². The van der Waals surface area contributed by atoms with Crippen LogP contribution < -0.4 is 5.32 Å². The largest absolute Gasteiger partial charge is 0.476 e. The molecule has 2 rings (SSSR count). The number of carboxylic acids is 1. The van der Waals surface area contributed by atoms with Gasteiger partial charge in [-0.25, -0.2) is 9.78 Å². The van der Waals surface area contributed by atoms with E-state index in [0.717, 1.165) is 24.2 Å². The lowest BCUT2D eigenvalue weighted by Crippen LogP contribution is -2.43. The summed E-state index contributed by atoms with van der Waals surface area (Å²) < 4.78 is 0. The summed E-state index contributed by atoms with van der Waals surface area (Å²) in [4.78, 5) is 26.0. The molecule has 1 aliphatic carbocycles. The molecule has 0 radical (unpaired) electrons. The Morgan fingerprint density at radius 2 is 2.25 bits per heavy atom. The maximum atomic E-state index is 11.6. The van der Waals surface area contributed by atoms with E-state index < -0.39 is 5.97 Å². The molecule has 1 amide bonds. The number of hydrogen-bond donors (Lipinski definition) is 2. The maximum Gasteiger partial charge on any atom is 0.355 e. The lowest BCUT2D eigenvalue weighted by atomic mass is 9.82. The van der Waals surface area contributed by atoms with Crippen LogP contribution in [0.1, 0.15) is 40.1 Å². The molecule has 0 aromatic carbocycles. The Labute approximate surface area is 96.5 Å². The number of nitrogens with zero attached hydrogens (tertiary/aromatic N) is 1. The average Bonchev–Trinajstić information content (AvgIpc) is 2.63. The number of aromatic carboxylic acids is 1. The molecule has 5 nitrogen and oxygen atoms in total. The molecular weight excluding hydrogens is 228 g/mol. The van der Waals surface area contributed by atoms with Gasteiger partial charge >= 0.3 is 5.97 Å². The second-order valence-corrected chi connectivity index (χ2v) is 4.95. The van der Waals surface area contributed by atoms with Gasteiger partial charge in [0.1, 0.15) is 0 Å². The van der Waals surface area contributed by atoms with Gasteiger partial charge in [0, 0.05) is 11.4 Å². The Morgan fingerprint density at radius 3 is 2.75 bits per heavy atom. The third-order valence-corrected chi connectivity index (χ3v) is 3.47. The van der Waals surface area contributed by atoms with E-state index in [0.29, 0.717) is 5.92 Å². The van der Waals surface area contributed by atoms with E-state index in [4.69, 9.17) is 5.11 Å². The number of carbonyl (C=O) groups excluding carboxylic acids is 1.